The van der Waals surface area contributed by atoms with Crippen LogP contribution in [0.15, 0.2) is 96.4 Å². The minimum absolute atomic E-state index is 0.202. The predicted molar refractivity (Wildman–Crippen MR) is 102 cm³/mol. The molecule has 0 aromatic heterocycles. The van der Waals surface area contributed by atoms with Crippen LogP contribution in [0.25, 0.3) is 0 Å². The molecule has 2 aromatic carbocycles. The van der Waals surface area contributed by atoms with Crippen molar-refractivity contribution in [2.75, 3.05) is 0 Å². The minimum Gasteiger partial charge on any atom is -0.422 e. The number of Topliss-reactive ketones (excluding diaryl/α,β-unsaturated/α-hetero) is 1. The van der Waals surface area contributed by atoms with Crippen LogP contribution in [0.5, 0.6) is 0 Å². The number of allylic oxidation sites excluding steroid dienone is 3. The van der Waals surface area contributed by atoms with Crippen LogP contribution in [0.4, 0.5) is 0 Å². The molecule has 0 radical (unpaired) electrons. The van der Waals surface area contributed by atoms with Gasteiger partial charge in [-0.05, 0) is 30.7 Å². The van der Waals surface area contributed by atoms with E-state index in [-0.39, 0.29) is 5.78 Å². The molecule has 0 saturated carbocycles. The van der Waals surface area contributed by atoms with Gasteiger partial charge in [0.15, 0.2) is 0 Å². The highest BCUT2D eigenvalue weighted by Crippen LogP contribution is 2.46. The molecule has 1 atom stereocenters. The van der Waals surface area contributed by atoms with E-state index in [9.17, 15) is 9.59 Å². The molecule has 0 N–H and O–H groups in total. The number of carbonyl (C=O) groups excluding carboxylic acids is 2. The number of fused-ring (bicyclic) bond motifs is 1. The molecule has 2 aliphatic heterocycles. The molecule has 2 aromatic rings. The lowest BCUT2D eigenvalue weighted by Crippen LogP contribution is -2.48. The summed E-state index contributed by atoms with van der Waals surface area (Å²) in [5.74, 6) is -0.737. The fourth-order valence-electron chi connectivity index (χ4n) is 3.59. The highest BCUT2D eigenvalue weighted by atomic mass is 16.6. The number of esters is 1. The Balaban J connectivity index is 1.86. The zero-order chi connectivity index (χ0) is 18.9. The van der Waals surface area contributed by atoms with Crippen molar-refractivity contribution in [2.24, 2.45) is 0 Å². The maximum absolute atomic E-state index is 13.5. The minimum atomic E-state index is -1.53. The molecule has 134 valence electrons. The Hall–Kier alpha value is -3.40. The lowest BCUT2D eigenvalue weighted by atomic mass is 9.94. The van der Waals surface area contributed by atoms with Gasteiger partial charge >= 0.3 is 5.97 Å². The molecular formula is C23H19NO3. The normalized spacial score (nSPS) is 20.8. The summed E-state index contributed by atoms with van der Waals surface area (Å²) in [6.07, 6.45) is 7.96. The van der Waals surface area contributed by atoms with Gasteiger partial charge in [0.05, 0.1) is 11.3 Å². The van der Waals surface area contributed by atoms with E-state index in [1.165, 1.54) is 0 Å². The summed E-state index contributed by atoms with van der Waals surface area (Å²) in [5, 5.41) is 0. The number of ketones is 1. The molecule has 2 heterocycles. The highest BCUT2D eigenvalue weighted by Gasteiger charge is 2.56. The van der Waals surface area contributed by atoms with Gasteiger partial charge in [-0.1, -0.05) is 61.5 Å². The Morgan fingerprint density at radius 3 is 2.33 bits per heavy atom. The molecular weight excluding hydrogens is 338 g/mol. The lowest BCUT2D eigenvalue weighted by molar-refractivity contribution is -0.147. The molecule has 0 fully saturated rings. The fourth-order valence-corrected chi connectivity index (χ4v) is 3.59. The molecule has 27 heavy (non-hydrogen) atoms. The number of hydrogen-bond acceptors (Lipinski definition) is 4. The van der Waals surface area contributed by atoms with Gasteiger partial charge in [-0.25, -0.2) is 4.79 Å². The zero-order valence-electron chi connectivity index (χ0n) is 15.0. The third kappa shape index (κ3) is 2.61. The molecule has 1 unspecified atom stereocenters. The van der Waals surface area contributed by atoms with Gasteiger partial charge in [-0.3, -0.25) is 9.69 Å². The first-order valence-corrected chi connectivity index (χ1v) is 8.94. The molecule has 0 aliphatic carbocycles. The van der Waals surface area contributed by atoms with E-state index < -0.39 is 11.7 Å². The van der Waals surface area contributed by atoms with Gasteiger partial charge in [0.25, 0.3) is 5.72 Å². The van der Waals surface area contributed by atoms with Crippen molar-refractivity contribution in [3.05, 3.63) is 107 Å². The maximum atomic E-state index is 13.5. The van der Waals surface area contributed by atoms with Crippen molar-refractivity contribution >= 4 is 11.8 Å². The number of hydrogen-bond donors (Lipinski definition) is 0. The smallest absolute Gasteiger partial charge is 0.340 e. The van der Waals surface area contributed by atoms with Crippen LogP contribution < -0.4 is 0 Å². The number of ether oxygens (including phenoxy) is 1. The molecule has 2 aliphatic rings. The van der Waals surface area contributed by atoms with Crippen molar-refractivity contribution in [1.82, 2.24) is 4.90 Å². The second-order valence-corrected chi connectivity index (χ2v) is 6.38. The maximum Gasteiger partial charge on any atom is 0.340 e. The first-order valence-electron chi connectivity index (χ1n) is 8.94. The van der Waals surface area contributed by atoms with Gasteiger partial charge in [0.1, 0.15) is 0 Å². The molecule has 4 nitrogen and oxygen atoms in total. The molecule has 4 rings (SSSR count). The van der Waals surface area contributed by atoms with E-state index >= 15 is 0 Å². The van der Waals surface area contributed by atoms with E-state index in [1.54, 1.807) is 35.4 Å². The largest absolute Gasteiger partial charge is 0.422 e. The standard InChI is InChI=1S/C23H19NO3/c1-2-19-20-15-9-10-16-24(20)23(21(19)25,18-13-7-4-8-14-18)27-22(26)17-11-5-3-6-12-17/h3-16H,2H2,1H3. The van der Waals surface area contributed by atoms with Crippen LogP contribution in [0.2, 0.25) is 0 Å². The predicted octanol–water partition coefficient (Wildman–Crippen LogP) is 4.33. The molecule has 0 amide bonds. The van der Waals surface area contributed by atoms with E-state index in [0.29, 0.717) is 23.1 Å². The number of carbonyl (C=O) groups is 2. The third-order valence-corrected chi connectivity index (χ3v) is 4.86. The van der Waals surface area contributed by atoms with Crippen LogP contribution in [0, 0.1) is 0 Å². The Labute approximate surface area is 158 Å². The second-order valence-electron chi connectivity index (χ2n) is 6.38. The van der Waals surface area contributed by atoms with E-state index in [2.05, 4.69) is 0 Å². The first-order chi connectivity index (χ1) is 13.2. The number of benzene rings is 2. The van der Waals surface area contributed by atoms with Gasteiger partial charge < -0.3 is 4.74 Å². The molecule has 4 heteroatoms. The Morgan fingerprint density at radius 2 is 1.67 bits per heavy atom. The van der Waals surface area contributed by atoms with E-state index in [0.717, 1.165) is 5.70 Å². The number of rotatable bonds is 4. The Bertz CT molecular complexity index is 973. The SMILES string of the molecule is CCC1=C2C=CC=CN2C(OC(=O)c2ccccc2)(c2ccccc2)C1=O. The molecule has 0 spiro atoms. The van der Waals surface area contributed by atoms with Crippen molar-refractivity contribution in [1.29, 1.82) is 0 Å². The van der Waals surface area contributed by atoms with Crippen LogP contribution in [0.3, 0.4) is 0 Å². The zero-order valence-corrected chi connectivity index (χ0v) is 15.0. The molecule has 0 bridgehead atoms. The van der Waals surface area contributed by atoms with Gasteiger partial charge in [0, 0.05) is 17.3 Å². The summed E-state index contributed by atoms with van der Waals surface area (Å²) in [6, 6.07) is 17.9. The summed E-state index contributed by atoms with van der Waals surface area (Å²) >= 11 is 0. The Kier molecular flexibility index (Phi) is 4.24. The number of nitrogens with zero attached hydrogens (tertiary/aromatic N) is 1. The topological polar surface area (TPSA) is 46.6 Å². The van der Waals surface area contributed by atoms with Crippen LogP contribution >= 0.6 is 0 Å². The summed E-state index contributed by atoms with van der Waals surface area (Å²) < 4.78 is 6.00. The second kappa shape index (κ2) is 6.72. The third-order valence-electron chi connectivity index (χ3n) is 4.86. The summed E-state index contributed by atoms with van der Waals surface area (Å²) in [4.78, 5) is 28.2. The molecule has 0 saturated heterocycles. The van der Waals surface area contributed by atoms with E-state index in [4.69, 9.17) is 4.74 Å². The fraction of sp³-hybridized carbons (Fsp3) is 0.130. The summed E-state index contributed by atoms with van der Waals surface area (Å²) in [7, 11) is 0. The van der Waals surface area contributed by atoms with Crippen LogP contribution in [-0.2, 0) is 15.3 Å². The quantitative estimate of drug-likeness (QED) is 0.764. The average Bonchev–Trinajstić information content (AvgIpc) is 2.97. The van der Waals surface area contributed by atoms with Crippen molar-refractivity contribution in [2.45, 2.75) is 19.1 Å². The summed E-state index contributed by atoms with van der Waals surface area (Å²) in [6.45, 7) is 1.94. The lowest BCUT2D eigenvalue weighted by Gasteiger charge is -2.37. The van der Waals surface area contributed by atoms with E-state index in [1.807, 2.05) is 61.5 Å². The first kappa shape index (κ1) is 17.0. The van der Waals surface area contributed by atoms with Crippen molar-refractivity contribution < 1.29 is 14.3 Å². The van der Waals surface area contributed by atoms with Gasteiger partial charge in [-0.2, -0.15) is 0 Å². The Morgan fingerprint density at radius 1 is 1.00 bits per heavy atom. The van der Waals surface area contributed by atoms with Crippen LogP contribution in [-0.4, -0.2) is 16.7 Å². The van der Waals surface area contributed by atoms with Gasteiger partial charge in [-0.15, -0.1) is 0 Å². The highest BCUT2D eigenvalue weighted by molar-refractivity contribution is 6.07. The van der Waals surface area contributed by atoms with Gasteiger partial charge in [0.2, 0.25) is 5.78 Å². The van der Waals surface area contributed by atoms with Crippen molar-refractivity contribution in [3.8, 4) is 0 Å². The average molecular weight is 357 g/mol. The monoisotopic (exact) mass is 357 g/mol. The summed E-state index contributed by atoms with van der Waals surface area (Å²) in [5.41, 5.74) is 0.926. The van der Waals surface area contributed by atoms with Crippen LogP contribution in [0.1, 0.15) is 29.3 Å². The van der Waals surface area contributed by atoms with Crippen molar-refractivity contribution in [3.63, 3.8) is 0 Å².